The average Bonchev–Trinajstić information content (AvgIpc) is 3.37. The Morgan fingerprint density at radius 1 is 0.100 bits per heavy atom. The number of rotatable bonds is 16. The molecule has 104 heteroatoms. The normalized spacial score (nSPS) is 10.4. The van der Waals surface area contributed by atoms with Crippen LogP contribution in [0, 0.1) is 0 Å². The molecule has 0 aromatic rings. The molecule has 0 atom stereocenters. The van der Waals surface area contributed by atoms with Gasteiger partial charge in [0.2, 0.25) is 0 Å². The molecule has 0 aliphatic carbocycles. The number of hydrogen-bond acceptors (Lipinski definition) is 48. The molecule has 0 saturated heterocycles. The van der Waals surface area contributed by atoms with Crippen LogP contribution in [-0.4, -0.2) is 550 Å². The van der Waals surface area contributed by atoms with Crippen LogP contribution in [0.15, 0.2) is 0 Å². The van der Waals surface area contributed by atoms with Crippen molar-refractivity contribution < 1.29 is 388 Å². The summed E-state index contributed by atoms with van der Waals surface area (Å²) in [5.74, 6) is 0. The van der Waals surface area contributed by atoms with Crippen LogP contribution in [0.25, 0.3) is 0 Å². The first kappa shape index (κ1) is 188. The third kappa shape index (κ3) is 179. The van der Waals surface area contributed by atoms with E-state index in [0.29, 0.717) is 0 Å². The largest absolute Gasteiger partial charge is 2.00 e. The fourth-order valence-electron chi connectivity index (χ4n) is 0. The molecule has 0 aromatic heterocycles. The van der Waals surface area contributed by atoms with E-state index in [2.05, 4.69) is 0 Å². The third-order valence-corrected chi connectivity index (χ3v) is 11.4. The summed E-state index contributed by atoms with van der Waals surface area (Å²) in [6.07, 6.45) is 0. The van der Waals surface area contributed by atoms with Crippen LogP contribution >= 0.6 is 122 Å². The first-order valence-electron chi connectivity index (χ1n) is 19.4. The second-order valence-corrected chi connectivity index (χ2v) is 36.2. The Morgan fingerprint density at radius 3 is 0.108 bits per heavy atom. The molecule has 0 aliphatic rings. The minimum absolute atomic E-state index is 0. The molecule has 0 bridgehead atoms. The third-order valence-electron chi connectivity index (χ3n) is 3.81. The maximum Gasteiger partial charge on any atom is 2.00 e. The van der Waals surface area contributed by atoms with E-state index < -0.39 is 213 Å². The smallest absolute Gasteiger partial charge is 0.538 e. The van der Waals surface area contributed by atoms with Gasteiger partial charge < -0.3 is 315 Å². The summed E-state index contributed by atoms with van der Waals surface area (Å²) in [6, 6.07) is 0. The molecule has 0 rings (SSSR count). The molecule has 80 nitrogen and oxygen atoms in total. The topological polar surface area (TPSA) is 1560 Å². The van der Waals surface area contributed by atoms with E-state index in [-0.39, 0.29) is 302 Å². The summed E-state index contributed by atoms with van der Waals surface area (Å²) in [6.45, 7) is 0. The van der Waals surface area contributed by atoms with E-state index in [0.717, 1.165) is 0 Å². The van der Waals surface area contributed by atoms with Crippen LogP contribution in [0.3, 0.4) is 0 Å². The van der Waals surface area contributed by atoms with E-state index >= 15 is 0 Å². The van der Waals surface area contributed by atoms with Crippen LogP contribution in [0.2, 0.25) is 0 Å². The fraction of sp³-hybridized carbons (Fsp3) is 0. The fourth-order valence-corrected chi connectivity index (χ4v) is 0. The monoisotopic (exact) mass is 2320 g/mol. The summed E-state index contributed by atoms with van der Waals surface area (Å²) >= 11 is 0. The summed E-state index contributed by atoms with van der Waals surface area (Å²) in [5.41, 5.74) is -37.4. The number of carboxylic acid groups (broad SMARTS) is 16. The molecular weight excluding hydrogens is 2290 g/mol. The van der Waals surface area contributed by atoms with Gasteiger partial charge in [0, 0.05) is 0 Å². The Bertz CT molecular complexity index is 2990. The molecule has 0 unspecified atom stereocenters. The van der Waals surface area contributed by atoms with Gasteiger partial charge in [-0.05, 0) is 0 Å². The number of carbonyl (C=O) groups excluding carboxylic acids is 16. The zero-order chi connectivity index (χ0) is 97.2. The van der Waals surface area contributed by atoms with Crippen molar-refractivity contribution in [3.8, 4) is 0 Å². The molecule has 0 aromatic carbocycles. The molecular formula is C16H32Ca8O80P16. The molecule has 0 amide bonds. The first-order valence-corrected chi connectivity index (χ1v) is 45.2. The van der Waals surface area contributed by atoms with Gasteiger partial charge >= 0.3 is 423 Å². The van der Waals surface area contributed by atoms with E-state index in [9.17, 15) is 73.0 Å². The predicted octanol–water partition coefficient (Wildman–Crippen LogP) is -26.9. The predicted molar refractivity (Wildman–Crippen MR) is 325 cm³/mol. The van der Waals surface area contributed by atoms with Crippen LogP contribution in [0.4, 0.5) is 76.7 Å². The Labute approximate surface area is 888 Å². The Kier molecular flexibility index (Phi) is 131. The molecule has 0 radical (unpaired) electrons. The average molecular weight is 2320 g/mol. The standard InChI is InChI=1S/16CH3O5P.8Ca/c16*2-1(3)7(4,5)6;;;;;;;;/h16*(H,2,3)(H2,4,5,6);;;;;;;;/q;;;;;;;;;;;;;;;;8*+2/p-16. The second kappa shape index (κ2) is 83.6. The van der Waals surface area contributed by atoms with Crippen molar-refractivity contribution in [3.05, 3.63) is 0 Å². The van der Waals surface area contributed by atoms with Crippen molar-refractivity contribution in [2.45, 2.75) is 0 Å². The van der Waals surface area contributed by atoms with Crippen LogP contribution < -0.4 is 81.7 Å². The molecule has 672 valence electrons. The van der Waals surface area contributed by atoms with E-state index in [1.807, 2.05) is 0 Å². The first-order chi connectivity index (χ1) is 47.1. The van der Waals surface area contributed by atoms with Gasteiger partial charge in [0.05, 0.1) is 0 Å². The quantitative estimate of drug-likeness (QED) is 0.0504. The zero-order valence-electron chi connectivity index (χ0n) is 54.7. The Morgan fingerprint density at radius 2 is 0.108 bits per heavy atom. The van der Waals surface area contributed by atoms with Gasteiger partial charge in [0.15, 0.2) is 91.4 Å². The molecule has 0 fully saturated rings. The van der Waals surface area contributed by atoms with Gasteiger partial charge in [-0.1, -0.05) is 0 Å². The van der Waals surface area contributed by atoms with Crippen molar-refractivity contribution in [2.75, 3.05) is 0 Å². The SMILES string of the molecule is O=C([O-])P(=O)(O)O.O=C([O-])P(=O)(O)O.O=C([O-])P(=O)(O)O.O=C([O-])P(=O)(O)O.O=C([O-])P(=O)(O)O.O=C([O-])P(=O)(O)O.O=C([O-])P(=O)(O)O.O=C([O-])P(=O)(O)O.O=C([O-])P(=O)(O)O.O=C([O-])P(=O)(O)O.O=C([O-])P(=O)(O)O.O=C([O-])P(=O)(O)O.O=C([O-])P(=O)(O)O.O=C([O-])P(=O)(O)O.O=C([O-])P(=O)(O)O.O=C([O-])P(=O)(O)O.[Ca+2].[Ca+2].[Ca+2].[Ca+2].[Ca+2].[Ca+2].[Ca+2].[Ca+2]. The van der Waals surface area contributed by atoms with Crippen LogP contribution in [0.1, 0.15) is 0 Å². The summed E-state index contributed by atoms with van der Waals surface area (Å²) in [5, 5.41) is 146. The molecule has 0 heterocycles. The van der Waals surface area contributed by atoms with E-state index in [1.54, 1.807) is 0 Å². The van der Waals surface area contributed by atoms with Crippen molar-refractivity contribution in [3.63, 3.8) is 0 Å². The minimum atomic E-state index is -4.93. The molecule has 120 heavy (non-hydrogen) atoms. The molecule has 0 spiro atoms. The van der Waals surface area contributed by atoms with Gasteiger partial charge in [0.25, 0.3) is 0 Å². The van der Waals surface area contributed by atoms with Gasteiger partial charge in [-0.2, -0.15) is 0 Å². The maximum atomic E-state index is 9.36. The van der Waals surface area contributed by atoms with Crippen molar-refractivity contribution in [1.82, 2.24) is 0 Å². The van der Waals surface area contributed by atoms with Crippen molar-refractivity contribution in [1.29, 1.82) is 0 Å². The van der Waals surface area contributed by atoms with Crippen LogP contribution in [0.5, 0.6) is 0 Å². The zero-order valence-corrected chi connectivity index (χ0v) is 86.7. The molecule has 0 aliphatic heterocycles. The number of hydrogen-bond donors (Lipinski definition) is 32. The molecule has 32 N–H and O–H groups in total. The van der Waals surface area contributed by atoms with E-state index in [4.69, 9.17) is 315 Å². The van der Waals surface area contributed by atoms with Crippen molar-refractivity contribution in [2.24, 2.45) is 0 Å². The summed E-state index contributed by atoms with van der Waals surface area (Å²) < 4.78 is 150. The minimum Gasteiger partial charge on any atom is -0.538 e. The molecule has 0 saturated carbocycles. The van der Waals surface area contributed by atoms with Crippen LogP contribution in [-0.2, 0) is 73.0 Å². The van der Waals surface area contributed by atoms with Crippen molar-refractivity contribution >= 4 is 515 Å². The van der Waals surface area contributed by atoms with Gasteiger partial charge in [-0.3, -0.25) is 73.0 Å². The Hall–Kier alpha value is 4.00. The van der Waals surface area contributed by atoms with Gasteiger partial charge in [-0.25, -0.2) is 0 Å². The van der Waals surface area contributed by atoms with E-state index in [1.165, 1.54) is 0 Å². The summed E-state index contributed by atoms with van der Waals surface area (Å²) in [4.78, 5) is 388. The maximum absolute atomic E-state index is 9.36. The van der Waals surface area contributed by atoms with Gasteiger partial charge in [0.1, 0.15) is 0 Å². The van der Waals surface area contributed by atoms with Gasteiger partial charge in [-0.15, -0.1) is 0 Å². The number of carbonyl (C=O) groups is 16. The second-order valence-electron chi connectivity index (χ2n) is 13.0. The Balaban J connectivity index is -0.0000000371. The summed E-state index contributed by atoms with van der Waals surface area (Å²) in [7, 11) is -78.9.